The Morgan fingerprint density at radius 2 is 1.90 bits per heavy atom. The monoisotopic (exact) mass is 288 g/mol. The van der Waals surface area contributed by atoms with Crippen molar-refractivity contribution in [3.63, 3.8) is 0 Å². The molecule has 2 bridgehead atoms. The number of aliphatic hydroxyl groups excluding tert-OH is 1. The molecular formula is C20H32O. The molecule has 0 heterocycles. The Balaban J connectivity index is 1.73. The first kappa shape index (κ1) is 14.3. The molecule has 118 valence electrons. The van der Waals surface area contributed by atoms with Crippen LogP contribution in [0.25, 0.3) is 0 Å². The van der Waals surface area contributed by atoms with Gasteiger partial charge >= 0.3 is 0 Å². The molecule has 4 fully saturated rings. The van der Waals surface area contributed by atoms with E-state index >= 15 is 0 Å². The van der Waals surface area contributed by atoms with Gasteiger partial charge in [-0.05, 0) is 85.4 Å². The minimum absolute atomic E-state index is 0.182. The molecule has 0 aromatic heterocycles. The topological polar surface area (TPSA) is 20.2 Å². The van der Waals surface area contributed by atoms with E-state index in [9.17, 15) is 5.11 Å². The first-order valence-electron chi connectivity index (χ1n) is 9.22. The van der Waals surface area contributed by atoms with Crippen molar-refractivity contribution in [3.05, 3.63) is 12.2 Å². The number of fused-ring (bicyclic) bond motifs is 3. The van der Waals surface area contributed by atoms with Crippen LogP contribution in [0.2, 0.25) is 0 Å². The molecule has 0 saturated heterocycles. The molecule has 0 radical (unpaired) electrons. The van der Waals surface area contributed by atoms with Crippen LogP contribution >= 0.6 is 0 Å². The van der Waals surface area contributed by atoms with E-state index < -0.39 is 0 Å². The van der Waals surface area contributed by atoms with Crippen LogP contribution in [0.15, 0.2) is 12.2 Å². The van der Waals surface area contributed by atoms with E-state index in [-0.39, 0.29) is 5.41 Å². The summed E-state index contributed by atoms with van der Waals surface area (Å²) in [7, 11) is 0. The molecule has 1 spiro atoms. The van der Waals surface area contributed by atoms with Crippen molar-refractivity contribution in [3.8, 4) is 0 Å². The van der Waals surface area contributed by atoms with Crippen LogP contribution in [0.3, 0.4) is 0 Å². The molecule has 4 aliphatic carbocycles. The van der Waals surface area contributed by atoms with Gasteiger partial charge in [0.25, 0.3) is 0 Å². The van der Waals surface area contributed by atoms with E-state index in [0.29, 0.717) is 17.4 Å². The van der Waals surface area contributed by atoms with Crippen molar-refractivity contribution in [1.82, 2.24) is 0 Å². The minimum atomic E-state index is 0.182. The molecule has 6 atom stereocenters. The highest BCUT2D eigenvalue weighted by molar-refractivity contribution is 5.22. The molecule has 0 aliphatic heterocycles. The molecule has 0 aromatic carbocycles. The molecule has 4 rings (SSSR count). The van der Waals surface area contributed by atoms with Crippen molar-refractivity contribution in [1.29, 1.82) is 0 Å². The van der Waals surface area contributed by atoms with Gasteiger partial charge in [-0.2, -0.15) is 0 Å². The lowest BCUT2D eigenvalue weighted by atomic mass is 9.41. The van der Waals surface area contributed by atoms with Gasteiger partial charge in [0.05, 0.1) is 0 Å². The van der Waals surface area contributed by atoms with Crippen molar-refractivity contribution in [2.24, 2.45) is 34.0 Å². The Hall–Kier alpha value is -0.300. The summed E-state index contributed by atoms with van der Waals surface area (Å²) in [6.45, 7) is 9.77. The van der Waals surface area contributed by atoms with Crippen LogP contribution in [0, 0.1) is 34.0 Å². The fraction of sp³-hybridized carbons (Fsp3) is 0.900. The first-order chi connectivity index (χ1) is 9.94. The zero-order valence-electron chi connectivity index (χ0n) is 14.0. The van der Waals surface area contributed by atoms with E-state index in [1.807, 2.05) is 0 Å². The number of aliphatic hydroxyl groups is 1. The molecule has 1 N–H and O–H groups in total. The zero-order chi connectivity index (χ0) is 14.9. The highest BCUT2D eigenvalue weighted by atomic mass is 16.3. The van der Waals surface area contributed by atoms with Gasteiger partial charge in [-0.3, -0.25) is 0 Å². The summed E-state index contributed by atoms with van der Waals surface area (Å²) in [5.74, 6) is 2.48. The number of hydrogen-bond acceptors (Lipinski definition) is 1. The molecule has 4 unspecified atom stereocenters. The standard InChI is InChI=1S/C20H32O/c1-14-11-20-10-7-16-18(2,13-21)8-4-9-19(16,3)17(20)6-5-15(14)12-20/h15-17,21H,1,4-13H2,2-3H3/t15?,16-,17+,18?,19?,20?/m1/s1. The van der Waals surface area contributed by atoms with E-state index in [2.05, 4.69) is 20.4 Å². The molecule has 4 saturated carbocycles. The molecule has 0 aromatic rings. The van der Waals surface area contributed by atoms with Gasteiger partial charge in [0.15, 0.2) is 0 Å². The van der Waals surface area contributed by atoms with Gasteiger partial charge in [-0.25, -0.2) is 0 Å². The van der Waals surface area contributed by atoms with E-state index in [1.54, 1.807) is 5.57 Å². The van der Waals surface area contributed by atoms with Crippen molar-refractivity contribution in [2.75, 3.05) is 6.61 Å². The van der Waals surface area contributed by atoms with Gasteiger partial charge in [0, 0.05) is 6.61 Å². The Morgan fingerprint density at radius 1 is 1.10 bits per heavy atom. The lowest BCUT2D eigenvalue weighted by molar-refractivity contribution is -0.158. The highest BCUT2D eigenvalue weighted by Gasteiger charge is 2.63. The predicted octanol–water partition coefficient (Wildman–Crippen LogP) is 4.95. The lowest BCUT2D eigenvalue weighted by Crippen LogP contribution is -2.57. The SMILES string of the molecule is C=C1CC23CC[C@@H]4C(C)(CO)CCCC4(C)[C@@H]2CCC1C3. The van der Waals surface area contributed by atoms with Crippen molar-refractivity contribution < 1.29 is 5.11 Å². The third-order valence-electron chi connectivity index (χ3n) is 8.54. The predicted molar refractivity (Wildman–Crippen MR) is 86.9 cm³/mol. The van der Waals surface area contributed by atoms with Crippen LogP contribution < -0.4 is 0 Å². The second-order valence-electron chi connectivity index (χ2n) is 9.49. The summed E-state index contributed by atoms with van der Waals surface area (Å²) in [4.78, 5) is 0. The third-order valence-corrected chi connectivity index (χ3v) is 8.54. The molecular weight excluding hydrogens is 256 g/mol. The summed E-state index contributed by atoms with van der Waals surface area (Å²) < 4.78 is 0. The quantitative estimate of drug-likeness (QED) is 0.677. The average Bonchev–Trinajstić information content (AvgIpc) is 2.68. The van der Waals surface area contributed by atoms with Crippen LogP contribution in [-0.2, 0) is 0 Å². The fourth-order valence-electron chi connectivity index (χ4n) is 7.68. The van der Waals surface area contributed by atoms with E-state index in [4.69, 9.17) is 0 Å². The highest BCUT2D eigenvalue weighted by Crippen LogP contribution is 2.72. The number of allylic oxidation sites excluding steroid dienone is 1. The van der Waals surface area contributed by atoms with Crippen LogP contribution in [-0.4, -0.2) is 11.7 Å². The van der Waals surface area contributed by atoms with E-state index in [1.165, 1.54) is 57.8 Å². The second-order valence-corrected chi connectivity index (χ2v) is 9.49. The maximum absolute atomic E-state index is 10.1. The first-order valence-corrected chi connectivity index (χ1v) is 9.22. The van der Waals surface area contributed by atoms with E-state index in [0.717, 1.165) is 17.8 Å². The molecule has 4 aliphatic rings. The number of rotatable bonds is 1. The van der Waals surface area contributed by atoms with Crippen LogP contribution in [0.4, 0.5) is 0 Å². The zero-order valence-corrected chi connectivity index (χ0v) is 14.0. The Labute approximate surface area is 130 Å². The maximum atomic E-state index is 10.1. The summed E-state index contributed by atoms with van der Waals surface area (Å²) >= 11 is 0. The molecule has 1 heteroatoms. The van der Waals surface area contributed by atoms with Gasteiger partial charge < -0.3 is 5.11 Å². The van der Waals surface area contributed by atoms with Crippen molar-refractivity contribution >= 4 is 0 Å². The summed E-state index contributed by atoms with van der Waals surface area (Å²) in [5.41, 5.74) is 2.82. The fourth-order valence-corrected chi connectivity index (χ4v) is 7.68. The normalized spacial score (nSPS) is 56.0. The third kappa shape index (κ3) is 1.73. The Morgan fingerprint density at radius 3 is 2.67 bits per heavy atom. The largest absolute Gasteiger partial charge is 0.396 e. The molecule has 21 heavy (non-hydrogen) atoms. The molecule has 0 amide bonds. The van der Waals surface area contributed by atoms with Gasteiger partial charge in [0.2, 0.25) is 0 Å². The summed E-state index contributed by atoms with van der Waals surface area (Å²) in [6, 6.07) is 0. The van der Waals surface area contributed by atoms with Gasteiger partial charge in [-0.15, -0.1) is 0 Å². The average molecular weight is 288 g/mol. The second kappa shape index (κ2) is 4.37. The summed E-state index contributed by atoms with van der Waals surface area (Å²) in [6.07, 6.45) is 12.3. The van der Waals surface area contributed by atoms with Crippen LogP contribution in [0.1, 0.15) is 71.6 Å². The smallest absolute Gasteiger partial charge is 0.0487 e. The van der Waals surface area contributed by atoms with Crippen LogP contribution in [0.5, 0.6) is 0 Å². The molecule has 1 nitrogen and oxygen atoms in total. The summed E-state index contributed by atoms with van der Waals surface area (Å²) in [5, 5.41) is 10.1. The maximum Gasteiger partial charge on any atom is 0.0487 e. The van der Waals surface area contributed by atoms with Gasteiger partial charge in [0.1, 0.15) is 0 Å². The lowest BCUT2D eigenvalue weighted by Gasteiger charge is -2.64. The number of hydrogen-bond donors (Lipinski definition) is 1. The van der Waals surface area contributed by atoms with Gasteiger partial charge in [-0.1, -0.05) is 32.4 Å². The Bertz CT molecular complexity index is 468. The Kier molecular flexibility index (Phi) is 2.98. The minimum Gasteiger partial charge on any atom is -0.396 e. The van der Waals surface area contributed by atoms with Crippen molar-refractivity contribution in [2.45, 2.75) is 71.6 Å².